The molecule has 27 heavy (non-hydrogen) atoms. The fourth-order valence-electron chi connectivity index (χ4n) is 3.60. The molecule has 0 aliphatic carbocycles. The van der Waals surface area contributed by atoms with Crippen LogP contribution in [0, 0.1) is 0 Å². The lowest BCUT2D eigenvalue weighted by atomic mass is 9.98. The third-order valence-corrected chi connectivity index (χ3v) is 9.39. The second-order valence-corrected chi connectivity index (χ2v) is 10.9. The van der Waals surface area contributed by atoms with E-state index in [2.05, 4.69) is 12.1 Å². The standard InChI is InChI=1S/C24H27O2P/c1-24(2,23(25)19-18-20-12-6-3-7-13-20)27(26,21-14-8-4-9-15-21)22-16-10-5-11-17-22/h3-17,23,25H,18-19H2,1-2H3. The molecule has 0 amide bonds. The molecule has 0 bridgehead atoms. The van der Waals surface area contributed by atoms with Gasteiger partial charge in [-0.15, -0.1) is 0 Å². The third kappa shape index (κ3) is 3.93. The molecule has 1 atom stereocenters. The molecule has 3 rings (SSSR count). The molecule has 0 heterocycles. The fourth-order valence-corrected chi connectivity index (χ4v) is 6.96. The van der Waals surface area contributed by atoms with Gasteiger partial charge in [0.1, 0.15) is 0 Å². The Morgan fingerprint density at radius 3 is 1.63 bits per heavy atom. The van der Waals surface area contributed by atoms with Crippen LogP contribution in [-0.2, 0) is 11.0 Å². The van der Waals surface area contributed by atoms with Crippen molar-refractivity contribution in [3.05, 3.63) is 96.6 Å². The molecule has 140 valence electrons. The minimum atomic E-state index is -3.05. The Balaban J connectivity index is 1.96. The van der Waals surface area contributed by atoms with Crippen LogP contribution in [0.1, 0.15) is 25.8 Å². The van der Waals surface area contributed by atoms with Gasteiger partial charge in [0.15, 0.2) is 7.14 Å². The zero-order chi connectivity index (χ0) is 19.3. The molecular formula is C24H27O2P. The van der Waals surface area contributed by atoms with Crippen molar-refractivity contribution in [1.29, 1.82) is 0 Å². The van der Waals surface area contributed by atoms with Gasteiger partial charge in [-0.05, 0) is 32.3 Å². The van der Waals surface area contributed by atoms with Gasteiger partial charge in [0.25, 0.3) is 0 Å². The molecule has 1 unspecified atom stereocenters. The summed E-state index contributed by atoms with van der Waals surface area (Å²) in [5.41, 5.74) is 1.18. The van der Waals surface area contributed by atoms with E-state index >= 15 is 0 Å². The van der Waals surface area contributed by atoms with Gasteiger partial charge in [-0.2, -0.15) is 0 Å². The van der Waals surface area contributed by atoms with Crippen LogP contribution in [0.2, 0.25) is 0 Å². The lowest BCUT2D eigenvalue weighted by Crippen LogP contribution is -2.43. The molecule has 0 aromatic heterocycles. The topological polar surface area (TPSA) is 37.3 Å². The van der Waals surface area contributed by atoms with Crippen molar-refractivity contribution in [2.45, 2.75) is 37.9 Å². The average Bonchev–Trinajstić information content (AvgIpc) is 2.73. The van der Waals surface area contributed by atoms with Crippen molar-refractivity contribution in [2.75, 3.05) is 0 Å². The molecule has 3 aromatic carbocycles. The van der Waals surface area contributed by atoms with E-state index in [1.54, 1.807) is 0 Å². The minimum absolute atomic E-state index is 0.570. The molecule has 3 aromatic rings. The van der Waals surface area contributed by atoms with Gasteiger partial charge in [0.2, 0.25) is 0 Å². The first-order valence-corrected chi connectivity index (χ1v) is 11.1. The summed E-state index contributed by atoms with van der Waals surface area (Å²) in [4.78, 5) is 0. The third-order valence-electron chi connectivity index (χ3n) is 5.42. The Kier molecular flexibility index (Phi) is 5.99. The second kappa shape index (κ2) is 8.25. The molecule has 1 N–H and O–H groups in total. The Bertz CT molecular complexity index is 846. The lowest BCUT2D eigenvalue weighted by molar-refractivity contribution is 0.128. The van der Waals surface area contributed by atoms with E-state index in [-0.39, 0.29) is 0 Å². The van der Waals surface area contributed by atoms with Crippen LogP contribution in [0.25, 0.3) is 0 Å². The zero-order valence-electron chi connectivity index (χ0n) is 16.0. The van der Waals surface area contributed by atoms with Gasteiger partial charge < -0.3 is 9.67 Å². The van der Waals surface area contributed by atoms with Crippen LogP contribution in [0.15, 0.2) is 91.0 Å². The van der Waals surface area contributed by atoms with Crippen LogP contribution in [-0.4, -0.2) is 16.4 Å². The van der Waals surface area contributed by atoms with Crippen LogP contribution in [0.4, 0.5) is 0 Å². The van der Waals surface area contributed by atoms with Crippen molar-refractivity contribution in [1.82, 2.24) is 0 Å². The van der Waals surface area contributed by atoms with Gasteiger partial charge >= 0.3 is 0 Å². The molecule has 0 aliphatic rings. The number of aliphatic hydroxyl groups excluding tert-OH is 1. The van der Waals surface area contributed by atoms with E-state index in [0.717, 1.165) is 17.0 Å². The smallest absolute Gasteiger partial charge is 0.151 e. The van der Waals surface area contributed by atoms with Gasteiger partial charge in [-0.25, -0.2) is 0 Å². The van der Waals surface area contributed by atoms with E-state index in [4.69, 9.17) is 0 Å². The van der Waals surface area contributed by atoms with Gasteiger partial charge in [0.05, 0.1) is 11.3 Å². The quantitative estimate of drug-likeness (QED) is 0.601. The number of hydrogen-bond donors (Lipinski definition) is 1. The van der Waals surface area contributed by atoms with E-state index in [1.807, 2.05) is 92.7 Å². The van der Waals surface area contributed by atoms with Crippen LogP contribution in [0.5, 0.6) is 0 Å². The van der Waals surface area contributed by atoms with Crippen molar-refractivity contribution in [2.24, 2.45) is 0 Å². The van der Waals surface area contributed by atoms with E-state index in [9.17, 15) is 9.67 Å². The average molecular weight is 378 g/mol. The first kappa shape index (κ1) is 19.6. The molecule has 0 saturated heterocycles. The number of hydrogen-bond acceptors (Lipinski definition) is 2. The maximum Gasteiger partial charge on any atom is 0.151 e. The van der Waals surface area contributed by atoms with Gasteiger partial charge in [-0.3, -0.25) is 0 Å². The Morgan fingerprint density at radius 1 is 0.778 bits per heavy atom. The SMILES string of the molecule is CC(C)(C(O)CCc1ccccc1)P(=O)(c1ccccc1)c1ccccc1. The summed E-state index contributed by atoms with van der Waals surface area (Å²) in [6, 6.07) is 29.3. The summed E-state index contributed by atoms with van der Waals surface area (Å²) >= 11 is 0. The molecule has 3 heteroatoms. The second-order valence-electron chi connectivity index (χ2n) is 7.47. The highest BCUT2D eigenvalue weighted by Crippen LogP contribution is 2.57. The van der Waals surface area contributed by atoms with E-state index in [1.165, 1.54) is 5.56 Å². The predicted molar refractivity (Wildman–Crippen MR) is 115 cm³/mol. The maximum atomic E-state index is 14.5. The summed E-state index contributed by atoms with van der Waals surface area (Å²) in [5, 5.41) is 11.9. The van der Waals surface area contributed by atoms with E-state index in [0.29, 0.717) is 6.42 Å². The van der Waals surface area contributed by atoms with E-state index < -0.39 is 18.4 Å². The summed E-state index contributed by atoms with van der Waals surface area (Å²) in [5.74, 6) is 0. The molecule has 2 nitrogen and oxygen atoms in total. The fraction of sp³-hybridized carbons (Fsp3) is 0.250. The molecule has 0 radical (unpaired) electrons. The predicted octanol–water partition coefficient (Wildman–Crippen LogP) is 4.77. The Morgan fingerprint density at radius 2 is 1.19 bits per heavy atom. The summed E-state index contributed by atoms with van der Waals surface area (Å²) in [7, 11) is -3.05. The molecule has 0 aliphatic heterocycles. The first-order chi connectivity index (χ1) is 13.0. The Labute approximate surface area is 162 Å². The first-order valence-electron chi connectivity index (χ1n) is 9.39. The molecular weight excluding hydrogens is 351 g/mol. The van der Waals surface area contributed by atoms with Crippen molar-refractivity contribution >= 4 is 17.8 Å². The molecule has 0 saturated carbocycles. The monoisotopic (exact) mass is 378 g/mol. The minimum Gasteiger partial charge on any atom is -0.392 e. The number of aryl methyl sites for hydroxylation is 1. The molecule has 0 spiro atoms. The van der Waals surface area contributed by atoms with Crippen LogP contribution < -0.4 is 10.6 Å². The lowest BCUT2D eigenvalue weighted by Gasteiger charge is -2.39. The highest BCUT2D eigenvalue weighted by Gasteiger charge is 2.47. The highest BCUT2D eigenvalue weighted by molar-refractivity contribution is 7.80. The van der Waals surface area contributed by atoms with Crippen LogP contribution >= 0.6 is 7.14 Å². The molecule has 0 fully saturated rings. The maximum absolute atomic E-state index is 14.5. The van der Waals surface area contributed by atoms with Gasteiger partial charge in [0, 0.05) is 10.6 Å². The number of rotatable bonds is 7. The van der Waals surface area contributed by atoms with Crippen LogP contribution in [0.3, 0.4) is 0 Å². The Hall–Kier alpha value is -2.15. The van der Waals surface area contributed by atoms with Crippen molar-refractivity contribution < 1.29 is 9.67 Å². The van der Waals surface area contributed by atoms with Gasteiger partial charge in [-0.1, -0.05) is 91.0 Å². The summed E-state index contributed by atoms with van der Waals surface area (Å²) in [6.45, 7) is 3.87. The summed E-state index contributed by atoms with van der Waals surface area (Å²) < 4.78 is 14.5. The normalized spacial score (nSPS) is 13.3. The summed E-state index contributed by atoms with van der Waals surface area (Å²) in [6.07, 6.45) is 0.638. The zero-order valence-corrected chi connectivity index (χ0v) is 16.8. The van der Waals surface area contributed by atoms with Crippen molar-refractivity contribution in [3.63, 3.8) is 0 Å². The van der Waals surface area contributed by atoms with Crippen molar-refractivity contribution in [3.8, 4) is 0 Å². The highest BCUT2D eigenvalue weighted by atomic mass is 31.2. The largest absolute Gasteiger partial charge is 0.392 e. The number of benzene rings is 3. The number of aliphatic hydroxyl groups is 1.